The molecule has 0 aromatic heterocycles. The van der Waals surface area contributed by atoms with Crippen molar-refractivity contribution in [2.75, 3.05) is 13.7 Å². The van der Waals surface area contributed by atoms with Crippen LogP contribution in [0.25, 0.3) is 6.08 Å². The van der Waals surface area contributed by atoms with Gasteiger partial charge in [0.15, 0.2) is 11.5 Å². The van der Waals surface area contributed by atoms with Crippen molar-refractivity contribution in [1.29, 1.82) is 0 Å². The number of ether oxygens (including phenoxy) is 2. The summed E-state index contributed by atoms with van der Waals surface area (Å²) in [6.45, 7) is 2.49. The molecule has 1 heterocycles. The third-order valence-corrected chi connectivity index (χ3v) is 5.54. The maximum absolute atomic E-state index is 12.4. The fraction of sp³-hybridized carbons (Fsp3) is 0.238. The first-order valence-electron chi connectivity index (χ1n) is 9.12. The molecule has 0 saturated carbocycles. The van der Waals surface area contributed by atoms with E-state index in [-0.39, 0.29) is 18.2 Å². The molecule has 0 unspecified atom stereocenters. The van der Waals surface area contributed by atoms with E-state index in [4.69, 9.17) is 32.7 Å². The Balaban J connectivity index is 1.84. The number of methoxy groups -OCH3 is 1. The maximum Gasteiger partial charge on any atom is 0.329 e. The molecule has 6 nitrogen and oxygen atoms in total. The SMILES string of the molecule is CCCN1C(=O)N/C(=C/c2cc(Br)c(OCc3ccc(Cl)cc3Cl)c(OC)c2)C1=O. The maximum atomic E-state index is 12.4. The lowest BCUT2D eigenvalue weighted by Crippen LogP contribution is -2.31. The normalized spacial score (nSPS) is 15.0. The highest BCUT2D eigenvalue weighted by molar-refractivity contribution is 9.10. The smallest absolute Gasteiger partial charge is 0.329 e. The summed E-state index contributed by atoms with van der Waals surface area (Å²) in [5, 5.41) is 3.65. The van der Waals surface area contributed by atoms with Gasteiger partial charge in [0.2, 0.25) is 0 Å². The molecule has 0 atom stereocenters. The first-order valence-corrected chi connectivity index (χ1v) is 10.7. The summed E-state index contributed by atoms with van der Waals surface area (Å²) in [4.78, 5) is 25.6. The number of hydrogen-bond acceptors (Lipinski definition) is 4. The number of nitrogens with one attached hydrogen (secondary N) is 1. The number of amides is 3. The van der Waals surface area contributed by atoms with Gasteiger partial charge in [-0.15, -0.1) is 0 Å². The fourth-order valence-corrected chi connectivity index (χ4v) is 3.95. The summed E-state index contributed by atoms with van der Waals surface area (Å²) >= 11 is 15.6. The Morgan fingerprint density at radius 1 is 1.20 bits per heavy atom. The molecular weight excluding hydrogens is 495 g/mol. The van der Waals surface area contributed by atoms with Crippen LogP contribution in [0.5, 0.6) is 11.5 Å². The summed E-state index contributed by atoms with van der Waals surface area (Å²) in [6, 6.07) is 8.26. The van der Waals surface area contributed by atoms with Crippen LogP contribution in [0.4, 0.5) is 4.79 Å². The minimum Gasteiger partial charge on any atom is -0.493 e. The number of nitrogens with zero attached hydrogens (tertiary/aromatic N) is 1. The number of hydrogen-bond donors (Lipinski definition) is 1. The molecular formula is C21H19BrCl2N2O4. The van der Waals surface area contributed by atoms with E-state index >= 15 is 0 Å². The molecule has 0 aliphatic carbocycles. The average molecular weight is 514 g/mol. The minimum absolute atomic E-state index is 0.212. The molecule has 1 aliphatic heterocycles. The largest absolute Gasteiger partial charge is 0.493 e. The number of urea groups is 1. The molecule has 30 heavy (non-hydrogen) atoms. The van der Waals surface area contributed by atoms with E-state index in [9.17, 15) is 9.59 Å². The van der Waals surface area contributed by atoms with E-state index in [0.29, 0.717) is 44.5 Å². The topological polar surface area (TPSA) is 67.9 Å². The van der Waals surface area contributed by atoms with E-state index in [1.165, 1.54) is 12.0 Å². The summed E-state index contributed by atoms with van der Waals surface area (Å²) in [5.41, 5.74) is 1.65. The van der Waals surface area contributed by atoms with E-state index in [1.807, 2.05) is 6.92 Å². The molecule has 3 rings (SSSR count). The van der Waals surface area contributed by atoms with Crippen LogP contribution in [-0.4, -0.2) is 30.5 Å². The van der Waals surface area contributed by atoms with Gasteiger partial charge in [-0.3, -0.25) is 9.69 Å². The van der Waals surface area contributed by atoms with Gasteiger partial charge in [0.1, 0.15) is 12.3 Å². The summed E-state index contributed by atoms with van der Waals surface area (Å²) in [6.07, 6.45) is 2.29. The van der Waals surface area contributed by atoms with Crippen molar-refractivity contribution in [1.82, 2.24) is 10.2 Å². The van der Waals surface area contributed by atoms with Crippen LogP contribution in [0.2, 0.25) is 10.0 Å². The van der Waals surface area contributed by atoms with E-state index < -0.39 is 6.03 Å². The van der Waals surface area contributed by atoms with Crippen molar-refractivity contribution in [3.8, 4) is 11.5 Å². The molecule has 9 heteroatoms. The molecule has 2 aromatic rings. The quantitative estimate of drug-likeness (QED) is 0.384. The van der Waals surface area contributed by atoms with Gasteiger partial charge in [0.05, 0.1) is 11.6 Å². The van der Waals surface area contributed by atoms with Crippen molar-refractivity contribution in [3.63, 3.8) is 0 Å². The van der Waals surface area contributed by atoms with Crippen LogP contribution in [-0.2, 0) is 11.4 Å². The summed E-state index contributed by atoms with van der Waals surface area (Å²) in [5.74, 6) is 0.596. The third-order valence-electron chi connectivity index (χ3n) is 4.36. The zero-order chi connectivity index (χ0) is 21.8. The Hall–Kier alpha value is -2.22. The number of imide groups is 1. The van der Waals surface area contributed by atoms with Gasteiger partial charge >= 0.3 is 6.03 Å². The van der Waals surface area contributed by atoms with Gasteiger partial charge in [0, 0.05) is 22.2 Å². The highest BCUT2D eigenvalue weighted by Crippen LogP contribution is 2.38. The molecule has 1 aliphatic rings. The Labute approximate surface area is 192 Å². The van der Waals surface area contributed by atoms with Crippen LogP contribution >= 0.6 is 39.1 Å². The van der Waals surface area contributed by atoms with Crippen molar-refractivity contribution >= 4 is 57.1 Å². The standard InChI is InChI=1S/C21H19BrCl2N2O4/c1-3-6-26-20(27)17(25-21(26)28)8-12-7-15(22)19(18(9-12)29-2)30-11-13-4-5-14(23)10-16(13)24/h4-5,7-10H,3,6,11H2,1-2H3,(H,25,28)/b17-8+. The first kappa shape index (κ1) is 22.5. The first-order chi connectivity index (χ1) is 14.3. The molecule has 158 valence electrons. The van der Waals surface area contributed by atoms with Crippen LogP contribution in [0.3, 0.4) is 0 Å². The predicted octanol–water partition coefficient (Wildman–Crippen LogP) is 5.65. The van der Waals surface area contributed by atoms with Gasteiger partial charge in [-0.05, 0) is 58.3 Å². The average Bonchev–Trinajstić information content (AvgIpc) is 2.95. The zero-order valence-corrected chi connectivity index (χ0v) is 19.4. The molecule has 0 bridgehead atoms. The summed E-state index contributed by atoms with van der Waals surface area (Å²) in [7, 11) is 1.52. The number of carbonyl (C=O) groups is 2. The van der Waals surface area contributed by atoms with Crippen molar-refractivity contribution < 1.29 is 19.1 Å². The zero-order valence-electron chi connectivity index (χ0n) is 16.3. The monoisotopic (exact) mass is 512 g/mol. The number of halogens is 3. The second-order valence-electron chi connectivity index (χ2n) is 6.50. The molecule has 1 fully saturated rings. The highest BCUT2D eigenvalue weighted by Gasteiger charge is 2.32. The second kappa shape index (κ2) is 9.73. The second-order valence-corrected chi connectivity index (χ2v) is 8.20. The van der Waals surface area contributed by atoms with Gasteiger partial charge in [0.25, 0.3) is 5.91 Å². The van der Waals surface area contributed by atoms with Crippen LogP contribution in [0.1, 0.15) is 24.5 Å². The van der Waals surface area contributed by atoms with Crippen molar-refractivity contribution in [2.24, 2.45) is 0 Å². The Morgan fingerprint density at radius 3 is 2.63 bits per heavy atom. The third kappa shape index (κ3) is 4.91. The predicted molar refractivity (Wildman–Crippen MR) is 120 cm³/mol. The lowest BCUT2D eigenvalue weighted by atomic mass is 10.1. The fourth-order valence-electron chi connectivity index (χ4n) is 2.92. The molecule has 3 amide bonds. The van der Waals surface area contributed by atoms with Crippen LogP contribution in [0.15, 0.2) is 40.5 Å². The molecule has 1 saturated heterocycles. The van der Waals surface area contributed by atoms with E-state index in [1.54, 1.807) is 36.4 Å². The Kier molecular flexibility index (Phi) is 7.28. The molecule has 1 N–H and O–H groups in total. The van der Waals surface area contributed by atoms with Crippen LogP contribution in [0, 0.1) is 0 Å². The number of carbonyl (C=O) groups excluding carboxylic acids is 2. The van der Waals surface area contributed by atoms with Crippen molar-refractivity contribution in [2.45, 2.75) is 20.0 Å². The summed E-state index contributed by atoms with van der Waals surface area (Å²) < 4.78 is 12.0. The number of benzene rings is 2. The Bertz CT molecular complexity index is 1030. The minimum atomic E-state index is -0.418. The lowest BCUT2D eigenvalue weighted by Gasteiger charge is -2.14. The molecule has 0 radical (unpaired) electrons. The van der Waals surface area contributed by atoms with Gasteiger partial charge in [-0.25, -0.2) is 4.79 Å². The van der Waals surface area contributed by atoms with Crippen molar-refractivity contribution in [3.05, 3.63) is 61.7 Å². The molecule has 2 aromatic carbocycles. The van der Waals surface area contributed by atoms with E-state index in [2.05, 4.69) is 21.2 Å². The number of rotatable bonds is 7. The molecule has 0 spiro atoms. The van der Waals surface area contributed by atoms with Gasteiger partial charge in [-0.1, -0.05) is 36.2 Å². The Morgan fingerprint density at radius 2 is 1.97 bits per heavy atom. The lowest BCUT2D eigenvalue weighted by molar-refractivity contribution is -0.122. The van der Waals surface area contributed by atoms with Gasteiger partial charge < -0.3 is 14.8 Å². The van der Waals surface area contributed by atoms with E-state index in [0.717, 1.165) is 5.56 Å². The van der Waals surface area contributed by atoms with Crippen LogP contribution < -0.4 is 14.8 Å². The van der Waals surface area contributed by atoms with Gasteiger partial charge in [-0.2, -0.15) is 0 Å². The highest BCUT2D eigenvalue weighted by atomic mass is 79.9.